The van der Waals surface area contributed by atoms with Gasteiger partial charge < -0.3 is 4.74 Å². The predicted octanol–water partition coefficient (Wildman–Crippen LogP) is 8.46. The largest absolute Gasteiger partial charge is 0.488 e. The Morgan fingerprint density at radius 1 is 0.763 bits per heavy atom. The summed E-state index contributed by atoms with van der Waals surface area (Å²) in [6.45, 7) is 0.567. The monoisotopic (exact) mass is 535 g/mol. The van der Waals surface area contributed by atoms with Gasteiger partial charge in [-0.15, -0.1) is 0 Å². The minimum Gasteiger partial charge on any atom is -0.488 e. The number of nitrogens with zero attached hydrogens (tertiary/aromatic N) is 1. The zero-order valence-corrected chi connectivity index (χ0v) is 21.8. The summed E-state index contributed by atoms with van der Waals surface area (Å²) >= 11 is 6.98. The van der Waals surface area contributed by atoms with Crippen molar-refractivity contribution >= 4 is 62.1 Å². The van der Waals surface area contributed by atoms with E-state index in [2.05, 4.69) is 0 Å². The maximum absolute atomic E-state index is 13.5. The predicted molar refractivity (Wildman–Crippen MR) is 155 cm³/mol. The van der Waals surface area contributed by atoms with Crippen molar-refractivity contribution in [2.45, 2.75) is 13.2 Å². The molecule has 1 fully saturated rings. The van der Waals surface area contributed by atoms with Crippen LogP contribution in [-0.2, 0) is 17.9 Å². The van der Waals surface area contributed by atoms with E-state index in [-0.39, 0.29) is 17.7 Å². The molecule has 0 aromatic heterocycles. The highest BCUT2D eigenvalue weighted by Gasteiger charge is 2.35. The van der Waals surface area contributed by atoms with Gasteiger partial charge in [0.05, 0.1) is 11.4 Å². The lowest BCUT2D eigenvalue weighted by molar-refractivity contribution is -0.123. The number of hydrogen-bond acceptors (Lipinski definition) is 4. The van der Waals surface area contributed by atoms with Crippen LogP contribution in [-0.4, -0.2) is 16.0 Å². The van der Waals surface area contributed by atoms with E-state index in [0.717, 1.165) is 50.0 Å². The van der Waals surface area contributed by atoms with Crippen LogP contribution in [0.2, 0.25) is 5.02 Å². The summed E-state index contributed by atoms with van der Waals surface area (Å²) in [4.78, 5) is 28.2. The molecule has 0 unspecified atom stereocenters. The summed E-state index contributed by atoms with van der Waals surface area (Å²) in [5, 5.41) is 4.46. The van der Waals surface area contributed by atoms with E-state index in [1.807, 2.05) is 103 Å². The van der Waals surface area contributed by atoms with Crippen molar-refractivity contribution in [3.8, 4) is 5.75 Å². The molecular weight excluding hydrogens is 514 g/mol. The number of ether oxygens (including phenoxy) is 1. The SMILES string of the molecule is O=C1S/C(=C\c2c(OCc3ccc(Cl)cc3)ccc3ccccc23)C(=O)N1Cc1cccc2ccccc12. The third-order valence-corrected chi connectivity index (χ3v) is 7.76. The summed E-state index contributed by atoms with van der Waals surface area (Å²) in [6, 6.07) is 33.3. The third kappa shape index (κ3) is 4.78. The molecule has 38 heavy (non-hydrogen) atoms. The van der Waals surface area contributed by atoms with Crippen LogP contribution in [0.3, 0.4) is 0 Å². The number of amides is 2. The fourth-order valence-electron chi connectivity index (χ4n) is 4.66. The lowest BCUT2D eigenvalue weighted by atomic mass is 10.0. The van der Waals surface area contributed by atoms with Crippen LogP contribution in [0, 0.1) is 0 Å². The molecule has 186 valence electrons. The second-order valence-corrected chi connectivity index (χ2v) is 10.4. The van der Waals surface area contributed by atoms with Gasteiger partial charge in [0.1, 0.15) is 12.4 Å². The summed E-state index contributed by atoms with van der Waals surface area (Å²) in [7, 11) is 0. The van der Waals surface area contributed by atoms with Crippen LogP contribution in [0.25, 0.3) is 27.6 Å². The van der Waals surface area contributed by atoms with Crippen LogP contribution >= 0.6 is 23.4 Å². The lowest BCUT2D eigenvalue weighted by Crippen LogP contribution is -2.27. The minimum absolute atomic E-state index is 0.221. The quantitative estimate of drug-likeness (QED) is 0.205. The zero-order chi connectivity index (χ0) is 26.1. The number of fused-ring (bicyclic) bond motifs is 2. The van der Waals surface area contributed by atoms with Gasteiger partial charge in [-0.25, -0.2) is 0 Å². The van der Waals surface area contributed by atoms with Gasteiger partial charge in [0.25, 0.3) is 11.1 Å². The third-order valence-electron chi connectivity index (χ3n) is 6.60. The van der Waals surface area contributed by atoms with Crippen LogP contribution in [0.5, 0.6) is 5.75 Å². The van der Waals surface area contributed by atoms with Gasteiger partial charge in [0, 0.05) is 10.6 Å². The summed E-state index contributed by atoms with van der Waals surface area (Å²) in [5.74, 6) is 0.337. The Hall–Kier alpha value is -4.06. The van der Waals surface area contributed by atoms with E-state index in [1.54, 1.807) is 6.08 Å². The Bertz CT molecular complexity index is 1720. The normalized spacial score (nSPS) is 14.7. The number of carbonyl (C=O) groups excluding carboxylic acids is 2. The summed E-state index contributed by atoms with van der Waals surface area (Å²) < 4.78 is 6.21. The van der Waals surface area contributed by atoms with Crippen molar-refractivity contribution in [2.75, 3.05) is 0 Å². The second kappa shape index (κ2) is 10.4. The number of hydrogen-bond donors (Lipinski definition) is 0. The molecule has 5 aromatic rings. The maximum atomic E-state index is 13.5. The Balaban J connectivity index is 1.33. The molecule has 0 saturated carbocycles. The molecule has 1 aliphatic rings. The van der Waals surface area contributed by atoms with Crippen molar-refractivity contribution in [2.24, 2.45) is 0 Å². The minimum atomic E-state index is -0.301. The van der Waals surface area contributed by atoms with Gasteiger partial charge in [-0.05, 0) is 68.7 Å². The first-order valence-electron chi connectivity index (χ1n) is 12.2. The topological polar surface area (TPSA) is 46.6 Å². The van der Waals surface area contributed by atoms with E-state index < -0.39 is 0 Å². The van der Waals surface area contributed by atoms with Gasteiger partial charge in [0.15, 0.2) is 0 Å². The standard InChI is InChI=1S/C32H22ClNO3S/c33-25-15-12-21(13-16-25)20-37-29-17-14-23-7-2-4-11-27(23)28(29)18-30-31(35)34(32(36)38-30)19-24-9-5-8-22-6-1-3-10-26(22)24/h1-18H,19-20H2/b30-18-. The molecule has 6 heteroatoms. The maximum Gasteiger partial charge on any atom is 0.293 e. The summed E-state index contributed by atoms with van der Waals surface area (Å²) in [5.41, 5.74) is 2.68. The molecule has 0 N–H and O–H groups in total. The van der Waals surface area contributed by atoms with Gasteiger partial charge in [-0.3, -0.25) is 14.5 Å². The van der Waals surface area contributed by atoms with Crippen molar-refractivity contribution in [3.05, 3.63) is 130 Å². The molecule has 0 aliphatic carbocycles. The average Bonchev–Trinajstić information content (AvgIpc) is 3.21. The molecule has 0 atom stereocenters. The molecule has 5 aromatic carbocycles. The average molecular weight is 536 g/mol. The lowest BCUT2D eigenvalue weighted by Gasteiger charge is -2.15. The van der Waals surface area contributed by atoms with Crippen molar-refractivity contribution < 1.29 is 14.3 Å². The Morgan fingerprint density at radius 2 is 1.45 bits per heavy atom. The molecule has 1 heterocycles. The van der Waals surface area contributed by atoms with E-state index in [9.17, 15) is 9.59 Å². The van der Waals surface area contributed by atoms with E-state index in [0.29, 0.717) is 22.3 Å². The van der Waals surface area contributed by atoms with Crippen LogP contribution in [0.1, 0.15) is 16.7 Å². The molecule has 6 rings (SSSR count). The molecule has 0 spiro atoms. The first-order chi connectivity index (χ1) is 18.6. The molecular formula is C32H22ClNO3S. The Morgan fingerprint density at radius 3 is 2.24 bits per heavy atom. The Kier molecular flexibility index (Phi) is 6.62. The van der Waals surface area contributed by atoms with Gasteiger partial charge in [-0.2, -0.15) is 0 Å². The molecule has 1 aliphatic heterocycles. The molecule has 1 saturated heterocycles. The molecule has 0 radical (unpaired) electrons. The van der Waals surface area contributed by atoms with E-state index >= 15 is 0 Å². The smallest absolute Gasteiger partial charge is 0.293 e. The highest BCUT2D eigenvalue weighted by Crippen LogP contribution is 2.38. The molecule has 4 nitrogen and oxygen atoms in total. The second-order valence-electron chi connectivity index (χ2n) is 9.02. The van der Waals surface area contributed by atoms with Gasteiger partial charge in [0.2, 0.25) is 0 Å². The number of thioether (sulfide) groups is 1. The molecule has 0 bridgehead atoms. The number of halogens is 1. The Labute approximate surface area is 229 Å². The number of imide groups is 1. The number of rotatable bonds is 6. The first kappa shape index (κ1) is 24.3. The molecule has 2 amide bonds. The van der Waals surface area contributed by atoms with Crippen molar-refractivity contribution in [3.63, 3.8) is 0 Å². The van der Waals surface area contributed by atoms with E-state index in [4.69, 9.17) is 16.3 Å². The fraction of sp³-hybridized carbons (Fsp3) is 0.0625. The zero-order valence-electron chi connectivity index (χ0n) is 20.3. The number of benzene rings is 5. The highest BCUT2D eigenvalue weighted by molar-refractivity contribution is 8.18. The summed E-state index contributed by atoms with van der Waals surface area (Å²) in [6.07, 6.45) is 1.79. The van der Waals surface area contributed by atoms with Crippen LogP contribution in [0.4, 0.5) is 4.79 Å². The first-order valence-corrected chi connectivity index (χ1v) is 13.4. The van der Waals surface area contributed by atoms with Gasteiger partial charge >= 0.3 is 0 Å². The van der Waals surface area contributed by atoms with Crippen molar-refractivity contribution in [1.82, 2.24) is 4.90 Å². The van der Waals surface area contributed by atoms with Crippen molar-refractivity contribution in [1.29, 1.82) is 0 Å². The highest BCUT2D eigenvalue weighted by atomic mass is 35.5. The van der Waals surface area contributed by atoms with Gasteiger partial charge in [-0.1, -0.05) is 96.5 Å². The van der Waals surface area contributed by atoms with E-state index in [1.165, 1.54) is 4.90 Å². The number of carbonyl (C=O) groups is 2. The van der Waals surface area contributed by atoms with Crippen LogP contribution < -0.4 is 4.74 Å². The fourth-order valence-corrected chi connectivity index (χ4v) is 5.61. The van der Waals surface area contributed by atoms with Crippen LogP contribution in [0.15, 0.2) is 108 Å².